The molecule has 0 unspecified atom stereocenters. The Morgan fingerprint density at radius 3 is 2.67 bits per heavy atom. The van der Waals surface area contributed by atoms with Crippen LogP contribution in [0.2, 0.25) is 0 Å². The van der Waals surface area contributed by atoms with E-state index in [-0.39, 0.29) is 29.5 Å². The number of carbonyl (C=O) groups is 3. The van der Waals surface area contributed by atoms with Crippen LogP contribution < -0.4 is 10.6 Å². The van der Waals surface area contributed by atoms with Crippen molar-refractivity contribution in [3.63, 3.8) is 0 Å². The molecule has 0 radical (unpaired) electrons. The van der Waals surface area contributed by atoms with E-state index in [1.807, 2.05) is 0 Å². The lowest BCUT2D eigenvalue weighted by Crippen LogP contribution is -2.43. The second-order valence-corrected chi connectivity index (χ2v) is 4.99. The molecule has 0 saturated carbocycles. The van der Waals surface area contributed by atoms with Crippen LogP contribution in [-0.2, 0) is 9.53 Å². The predicted molar refractivity (Wildman–Crippen MR) is 72.8 cm³/mol. The van der Waals surface area contributed by atoms with Crippen LogP contribution >= 0.6 is 11.8 Å². The summed E-state index contributed by atoms with van der Waals surface area (Å²) in [4.78, 5) is 34.0. The molecule has 0 saturated heterocycles. The Bertz CT molecular complexity index is 516. The Labute approximate surface area is 125 Å². The first-order chi connectivity index (χ1) is 9.92. The standard InChI is InChI=1S/C11H16N4O5S/c1-4-19-9(17)8-14-15-11(20-8)21-5-7(16)13-10(18)12-6(2)3/h6H,4-5H2,1-3H3,(H2,12,13,16,18). The van der Waals surface area contributed by atoms with Crippen LogP contribution in [0.3, 0.4) is 0 Å². The summed E-state index contributed by atoms with van der Waals surface area (Å²) in [5.41, 5.74) is 0. The van der Waals surface area contributed by atoms with E-state index < -0.39 is 17.9 Å². The highest BCUT2D eigenvalue weighted by Crippen LogP contribution is 2.15. The van der Waals surface area contributed by atoms with Gasteiger partial charge in [0, 0.05) is 6.04 Å². The Balaban J connectivity index is 2.40. The Kier molecular flexibility index (Phi) is 6.66. The zero-order valence-corrected chi connectivity index (χ0v) is 12.7. The summed E-state index contributed by atoms with van der Waals surface area (Å²) in [6.07, 6.45) is 0. The minimum absolute atomic E-state index is 0.0393. The highest BCUT2D eigenvalue weighted by molar-refractivity contribution is 7.99. The fraction of sp³-hybridized carbons (Fsp3) is 0.545. The summed E-state index contributed by atoms with van der Waals surface area (Å²) in [5, 5.41) is 11.8. The molecule has 0 fully saturated rings. The number of rotatable bonds is 6. The monoisotopic (exact) mass is 316 g/mol. The van der Waals surface area contributed by atoms with Crippen molar-refractivity contribution in [3.8, 4) is 0 Å². The van der Waals surface area contributed by atoms with Crippen LogP contribution in [0, 0.1) is 0 Å². The number of aromatic nitrogens is 2. The van der Waals surface area contributed by atoms with Crippen molar-refractivity contribution >= 4 is 29.7 Å². The van der Waals surface area contributed by atoms with E-state index in [1.165, 1.54) is 0 Å². The molecule has 116 valence electrons. The number of nitrogens with zero attached hydrogens (tertiary/aromatic N) is 2. The van der Waals surface area contributed by atoms with Crippen molar-refractivity contribution in [1.29, 1.82) is 0 Å². The van der Waals surface area contributed by atoms with Crippen molar-refractivity contribution in [3.05, 3.63) is 5.89 Å². The van der Waals surface area contributed by atoms with Gasteiger partial charge in [0.2, 0.25) is 5.91 Å². The number of thioether (sulfide) groups is 1. The molecule has 3 amide bonds. The van der Waals surface area contributed by atoms with Crippen LogP contribution in [0.5, 0.6) is 0 Å². The molecule has 21 heavy (non-hydrogen) atoms. The fourth-order valence-corrected chi connectivity index (χ4v) is 1.69. The zero-order valence-electron chi connectivity index (χ0n) is 11.8. The average Bonchev–Trinajstić information content (AvgIpc) is 2.84. The van der Waals surface area contributed by atoms with Gasteiger partial charge < -0.3 is 14.5 Å². The lowest BCUT2D eigenvalue weighted by atomic mass is 10.4. The smallest absolute Gasteiger partial charge is 0.396 e. The van der Waals surface area contributed by atoms with Gasteiger partial charge >= 0.3 is 17.9 Å². The van der Waals surface area contributed by atoms with Gasteiger partial charge in [-0.05, 0) is 20.8 Å². The number of nitrogens with one attached hydrogen (secondary N) is 2. The first kappa shape index (κ1) is 17.0. The van der Waals surface area contributed by atoms with E-state index in [1.54, 1.807) is 20.8 Å². The van der Waals surface area contributed by atoms with Gasteiger partial charge in [0.15, 0.2) is 0 Å². The SMILES string of the molecule is CCOC(=O)c1nnc(SCC(=O)NC(=O)NC(C)C)o1. The topological polar surface area (TPSA) is 123 Å². The molecule has 0 aliphatic rings. The number of hydrogen-bond acceptors (Lipinski definition) is 8. The van der Waals surface area contributed by atoms with Gasteiger partial charge in [-0.15, -0.1) is 5.10 Å². The summed E-state index contributed by atoms with van der Waals surface area (Å²) >= 11 is 0.906. The normalized spacial score (nSPS) is 10.3. The van der Waals surface area contributed by atoms with Crippen molar-refractivity contribution in [1.82, 2.24) is 20.8 Å². The Morgan fingerprint density at radius 2 is 2.05 bits per heavy atom. The van der Waals surface area contributed by atoms with Gasteiger partial charge in [0.1, 0.15) is 0 Å². The molecular weight excluding hydrogens is 300 g/mol. The van der Waals surface area contributed by atoms with E-state index in [2.05, 4.69) is 25.6 Å². The molecule has 1 aromatic rings. The van der Waals surface area contributed by atoms with E-state index in [9.17, 15) is 14.4 Å². The molecule has 1 heterocycles. The summed E-state index contributed by atoms with van der Waals surface area (Å²) in [5.74, 6) is -1.63. The average molecular weight is 316 g/mol. The first-order valence-electron chi connectivity index (χ1n) is 6.16. The lowest BCUT2D eigenvalue weighted by Gasteiger charge is -2.08. The van der Waals surface area contributed by atoms with Gasteiger partial charge in [-0.1, -0.05) is 16.9 Å². The molecular formula is C11H16N4O5S. The number of imide groups is 1. The third-order valence-electron chi connectivity index (χ3n) is 1.86. The molecule has 0 atom stereocenters. The number of amides is 3. The maximum Gasteiger partial charge on any atom is 0.396 e. The maximum absolute atomic E-state index is 11.5. The summed E-state index contributed by atoms with van der Waals surface area (Å²) in [6.45, 7) is 5.38. The number of carbonyl (C=O) groups excluding carboxylic acids is 3. The molecule has 0 aliphatic heterocycles. The minimum atomic E-state index is -0.724. The quantitative estimate of drug-likeness (QED) is 0.577. The third-order valence-corrected chi connectivity index (χ3v) is 2.67. The van der Waals surface area contributed by atoms with Crippen molar-refractivity contribution in [2.45, 2.75) is 32.0 Å². The van der Waals surface area contributed by atoms with Crippen LogP contribution in [0.1, 0.15) is 31.5 Å². The van der Waals surface area contributed by atoms with Crippen LogP contribution in [0.25, 0.3) is 0 Å². The van der Waals surface area contributed by atoms with Gasteiger partial charge in [-0.25, -0.2) is 9.59 Å². The summed E-state index contributed by atoms with van der Waals surface area (Å²) in [7, 11) is 0. The third kappa shape index (κ3) is 6.25. The minimum Gasteiger partial charge on any atom is -0.459 e. The number of ether oxygens (including phenoxy) is 1. The van der Waals surface area contributed by atoms with E-state index in [0.717, 1.165) is 11.8 Å². The Morgan fingerprint density at radius 1 is 1.33 bits per heavy atom. The molecule has 0 aromatic carbocycles. The van der Waals surface area contributed by atoms with Crippen molar-refractivity contribution in [2.24, 2.45) is 0 Å². The Hall–Kier alpha value is -2.10. The molecule has 1 aromatic heterocycles. The van der Waals surface area contributed by atoms with Crippen LogP contribution in [-0.4, -0.2) is 46.5 Å². The number of hydrogen-bond donors (Lipinski definition) is 2. The van der Waals surface area contributed by atoms with E-state index in [4.69, 9.17) is 4.42 Å². The highest BCUT2D eigenvalue weighted by Gasteiger charge is 2.17. The lowest BCUT2D eigenvalue weighted by molar-refractivity contribution is -0.117. The van der Waals surface area contributed by atoms with E-state index >= 15 is 0 Å². The fourth-order valence-electron chi connectivity index (χ4n) is 1.13. The largest absolute Gasteiger partial charge is 0.459 e. The summed E-state index contributed by atoms with van der Waals surface area (Å²) < 4.78 is 9.68. The van der Waals surface area contributed by atoms with Crippen LogP contribution in [0.15, 0.2) is 9.64 Å². The number of urea groups is 1. The van der Waals surface area contributed by atoms with Crippen molar-refractivity contribution < 1.29 is 23.5 Å². The summed E-state index contributed by atoms with van der Waals surface area (Å²) in [6, 6.07) is -0.651. The van der Waals surface area contributed by atoms with Crippen LogP contribution in [0.4, 0.5) is 4.79 Å². The van der Waals surface area contributed by atoms with E-state index in [0.29, 0.717) is 0 Å². The zero-order chi connectivity index (χ0) is 15.8. The molecule has 10 heteroatoms. The second-order valence-electron chi connectivity index (χ2n) is 4.06. The number of esters is 1. The molecule has 0 aliphatic carbocycles. The molecule has 0 spiro atoms. The van der Waals surface area contributed by atoms with Gasteiger partial charge in [-0.3, -0.25) is 10.1 Å². The molecule has 0 bridgehead atoms. The first-order valence-corrected chi connectivity index (χ1v) is 7.14. The molecule has 1 rings (SSSR count). The van der Waals surface area contributed by atoms with Gasteiger partial charge in [-0.2, -0.15) is 0 Å². The van der Waals surface area contributed by atoms with Gasteiger partial charge in [0.25, 0.3) is 5.22 Å². The molecule has 9 nitrogen and oxygen atoms in total. The second kappa shape index (κ2) is 8.25. The highest BCUT2D eigenvalue weighted by atomic mass is 32.2. The molecule has 2 N–H and O–H groups in total. The maximum atomic E-state index is 11.5. The predicted octanol–water partition coefficient (Wildman–Crippen LogP) is 0.573. The van der Waals surface area contributed by atoms with Crippen molar-refractivity contribution in [2.75, 3.05) is 12.4 Å². The van der Waals surface area contributed by atoms with Gasteiger partial charge in [0.05, 0.1) is 12.4 Å².